The molecule has 29 heavy (non-hydrogen) atoms. The normalized spacial score (nSPS) is 10.8. The van der Waals surface area contributed by atoms with Crippen LogP contribution in [-0.2, 0) is 16.1 Å². The van der Waals surface area contributed by atoms with E-state index in [2.05, 4.69) is 15.5 Å². The highest BCUT2D eigenvalue weighted by molar-refractivity contribution is 6.07. The standard InChI is InChI=1S/C21H17N3O5/c1-13-19-15(10-16(17-8-5-9-27-17)23-21(19)29-24-13)20(26)22-11-18(25)28-12-14-6-3-2-4-7-14/h2-10H,11-12H2,1H3,(H,22,26). The lowest BCUT2D eigenvalue weighted by Crippen LogP contribution is -2.30. The second-order valence-corrected chi connectivity index (χ2v) is 6.31. The number of nitrogens with zero attached hydrogens (tertiary/aromatic N) is 2. The number of aryl methyl sites for hydroxylation is 1. The number of carbonyl (C=O) groups excluding carboxylic acids is 2. The van der Waals surface area contributed by atoms with Crippen LogP contribution in [0.15, 0.2) is 63.7 Å². The Bertz CT molecular complexity index is 1150. The van der Waals surface area contributed by atoms with Gasteiger partial charge in [-0.05, 0) is 30.7 Å². The Labute approximate surface area is 165 Å². The largest absolute Gasteiger partial charge is 0.463 e. The summed E-state index contributed by atoms with van der Waals surface area (Å²) in [7, 11) is 0. The minimum absolute atomic E-state index is 0.141. The molecule has 4 aromatic rings. The number of esters is 1. The molecule has 0 atom stereocenters. The molecule has 4 rings (SSSR count). The van der Waals surface area contributed by atoms with Crippen molar-refractivity contribution in [2.45, 2.75) is 13.5 Å². The molecule has 8 nitrogen and oxygen atoms in total. The summed E-state index contributed by atoms with van der Waals surface area (Å²) >= 11 is 0. The SMILES string of the molecule is Cc1noc2nc(-c3ccco3)cc(C(=O)NCC(=O)OCc3ccccc3)c12. The number of fused-ring (bicyclic) bond motifs is 1. The molecule has 0 bridgehead atoms. The number of aromatic nitrogens is 2. The molecule has 0 aliphatic carbocycles. The van der Waals surface area contributed by atoms with Crippen LogP contribution in [0.5, 0.6) is 0 Å². The van der Waals surface area contributed by atoms with E-state index in [4.69, 9.17) is 13.7 Å². The zero-order valence-electron chi connectivity index (χ0n) is 15.5. The van der Waals surface area contributed by atoms with Crippen molar-refractivity contribution in [1.29, 1.82) is 0 Å². The molecule has 1 N–H and O–H groups in total. The summed E-state index contributed by atoms with van der Waals surface area (Å²) in [4.78, 5) is 29.1. The maximum atomic E-state index is 12.8. The Balaban J connectivity index is 1.49. The van der Waals surface area contributed by atoms with Gasteiger partial charge in [-0.15, -0.1) is 0 Å². The number of furan rings is 1. The molecule has 0 aliphatic heterocycles. The lowest BCUT2D eigenvalue weighted by Gasteiger charge is -2.08. The summed E-state index contributed by atoms with van der Waals surface area (Å²) in [6, 6.07) is 14.3. The summed E-state index contributed by atoms with van der Waals surface area (Å²) < 4.78 is 15.8. The van der Waals surface area contributed by atoms with Crippen molar-refractivity contribution in [3.05, 3.63) is 71.6 Å². The maximum Gasteiger partial charge on any atom is 0.325 e. The Kier molecular flexibility index (Phi) is 5.07. The zero-order valence-corrected chi connectivity index (χ0v) is 15.5. The molecule has 3 aromatic heterocycles. The third-order valence-corrected chi connectivity index (χ3v) is 4.27. The summed E-state index contributed by atoms with van der Waals surface area (Å²) in [6.07, 6.45) is 1.51. The first-order valence-electron chi connectivity index (χ1n) is 8.90. The van der Waals surface area contributed by atoms with Gasteiger partial charge >= 0.3 is 5.97 Å². The molecule has 0 fully saturated rings. The summed E-state index contributed by atoms with van der Waals surface area (Å²) in [5, 5.41) is 6.94. The molecular formula is C21H17N3O5. The van der Waals surface area contributed by atoms with Crippen LogP contribution < -0.4 is 5.32 Å². The molecule has 0 saturated heterocycles. The van der Waals surface area contributed by atoms with Gasteiger partial charge in [-0.25, -0.2) is 4.98 Å². The summed E-state index contributed by atoms with van der Waals surface area (Å²) in [6.45, 7) is 1.59. The molecule has 0 radical (unpaired) electrons. The molecule has 1 amide bonds. The molecule has 0 unspecified atom stereocenters. The molecule has 0 spiro atoms. The fourth-order valence-electron chi connectivity index (χ4n) is 2.86. The van der Waals surface area contributed by atoms with E-state index in [1.165, 1.54) is 6.26 Å². The molecule has 0 aliphatic rings. The van der Waals surface area contributed by atoms with E-state index < -0.39 is 11.9 Å². The molecule has 1 aromatic carbocycles. The van der Waals surface area contributed by atoms with Gasteiger partial charge in [-0.2, -0.15) is 0 Å². The van der Waals surface area contributed by atoms with Gasteiger partial charge in [0.1, 0.15) is 18.8 Å². The molecule has 146 valence electrons. The van der Waals surface area contributed by atoms with Crippen LogP contribution >= 0.6 is 0 Å². The van der Waals surface area contributed by atoms with Crippen molar-refractivity contribution in [3.63, 3.8) is 0 Å². The minimum atomic E-state index is -0.541. The Morgan fingerprint density at radius 2 is 1.97 bits per heavy atom. The summed E-state index contributed by atoms with van der Waals surface area (Å²) in [5.41, 5.74) is 2.32. The van der Waals surface area contributed by atoms with Gasteiger partial charge in [0.2, 0.25) is 0 Å². The van der Waals surface area contributed by atoms with Crippen LogP contribution in [0.3, 0.4) is 0 Å². The topological polar surface area (TPSA) is 107 Å². The fourth-order valence-corrected chi connectivity index (χ4v) is 2.86. The third kappa shape index (κ3) is 4.01. The lowest BCUT2D eigenvalue weighted by atomic mass is 10.1. The van der Waals surface area contributed by atoms with Crippen molar-refractivity contribution in [2.75, 3.05) is 6.54 Å². The third-order valence-electron chi connectivity index (χ3n) is 4.27. The van der Waals surface area contributed by atoms with E-state index in [1.54, 1.807) is 25.1 Å². The van der Waals surface area contributed by atoms with Crippen molar-refractivity contribution in [1.82, 2.24) is 15.5 Å². The predicted molar refractivity (Wildman–Crippen MR) is 103 cm³/mol. The van der Waals surface area contributed by atoms with Crippen LogP contribution in [0.25, 0.3) is 22.6 Å². The van der Waals surface area contributed by atoms with Crippen LogP contribution in [-0.4, -0.2) is 28.6 Å². The minimum Gasteiger partial charge on any atom is -0.463 e. The lowest BCUT2D eigenvalue weighted by molar-refractivity contribution is -0.143. The smallest absolute Gasteiger partial charge is 0.325 e. The van der Waals surface area contributed by atoms with Gasteiger partial charge in [0.25, 0.3) is 11.6 Å². The second-order valence-electron chi connectivity index (χ2n) is 6.31. The zero-order chi connectivity index (χ0) is 20.2. The number of benzene rings is 1. The number of ether oxygens (including phenoxy) is 1. The number of hydrogen-bond donors (Lipinski definition) is 1. The van der Waals surface area contributed by atoms with E-state index in [0.717, 1.165) is 5.56 Å². The average molecular weight is 391 g/mol. The van der Waals surface area contributed by atoms with Crippen molar-refractivity contribution in [3.8, 4) is 11.5 Å². The maximum absolute atomic E-state index is 12.8. The summed E-state index contributed by atoms with van der Waals surface area (Å²) in [5.74, 6) is -0.522. The first-order chi connectivity index (χ1) is 14.1. The average Bonchev–Trinajstić information content (AvgIpc) is 3.41. The van der Waals surface area contributed by atoms with Gasteiger partial charge in [0.05, 0.1) is 22.9 Å². The number of carbonyl (C=O) groups is 2. The van der Waals surface area contributed by atoms with E-state index >= 15 is 0 Å². The van der Waals surface area contributed by atoms with Crippen molar-refractivity contribution < 1.29 is 23.3 Å². The van der Waals surface area contributed by atoms with Gasteiger partial charge < -0.3 is 19.0 Å². The molecule has 8 heteroatoms. The van der Waals surface area contributed by atoms with Crippen LogP contribution in [0.1, 0.15) is 21.6 Å². The first kappa shape index (κ1) is 18.4. The number of nitrogens with one attached hydrogen (secondary N) is 1. The molecular weight excluding hydrogens is 374 g/mol. The highest BCUT2D eigenvalue weighted by Gasteiger charge is 2.20. The van der Waals surface area contributed by atoms with Gasteiger partial charge in [0, 0.05) is 0 Å². The van der Waals surface area contributed by atoms with Crippen LogP contribution in [0.4, 0.5) is 0 Å². The number of rotatable bonds is 6. The van der Waals surface area contributed by atoms with E-state index in [0.29, 0.717) is 22.5 Å². The predicted octanol–water partition coefficient (Wildman–Crippen LogP) is 3.26. The van der Waals surface area contributed by atoms with E-state index in [-0.39, 0.29) is 24.4 Å². The highest BCUT2D eigenvalue weighted by Crippen LogP contribution is 2.27. The Hall–Kier alpha value is -3.94. The number of hydrogen-bond acceptors (Lipinski definition) is 7. The van der Waals surface area contributed by atoms with Crippen molar-refractivity contribution in [2.24, 2.45) is 0 Å². The number of amides is 1. The second kappa shape index (κ2) is 7.97. The molecule has 0 saturated carbocycles. The quantitative estimate of drug-likeness (QED) is 0.503. The first-order valence-corrected chi connectivity index (χ1v) is 8.90. The monoisotopic (exact) mass is 391 g/mol. The highest BCUT2D eigenvalue weighted by atomic mass is 16.5. The van der Waals surface area contributed by atoms with E-state index in [9.17, 15) is 9.59 Å². The van der Waals surface area contributed by atoms with Gasteiger partial charge in [-0.1, -0.05) is 35.5 Å². The number of pyridine rings is 1. The Morgan fingerprint density at radius 3 is 2.72 bits per heavy atom. The Morgan fingerprint density at radius 1 is 1.14 bits per heavy atom. The van der Waals surface area contributed by atoms with E-state index in [1.807, 2.05) is 30.3 Å². The fraction of sp³-hybridized carbons (Fsp3) is 0.143. The van der Waals surface area contributed by atoms with Gasteiger partial charge in [0.15, 0.2) is 5.76 Å². The van der Waals surface area contributed by atoms with Crippen LogP contribution in [0, 0.1) is 6.92 Å². The van der Waals surface area contributed by atoms with Crippen molar-refractivity contribution >= 4 is 23.0 Å². The van der Waals surface area contributed by atoms with Crippen LogP contribution in [0.2, 0.25) is 0 Å². The molecule has 3 heterocycles. The van der Waals surface area contributed by atoms with Gasteiger partial charge in [-0.3, -0.25) is 9.59 Å².